The van der Waals surface area contributed by atoms with Crippen LogP contribution < -0.4 is 0 Å². The zero-order valence-corrected chi connectivity index (χ0v) is 12.0. The van der Waals surface area contributed by atoms with Crippen molar-refractivity contribution in [1.82, 2.24) is 4.90 Å². The van der Waals surface area contributed by atoms with Gasteiger partial charge < -0.3 is 4.74 Å². The highest BCUT2D eigenvalue weighted by atomic mass is 16.6. The van der Waals surface area contributed by atoms with Gasteiger partial charge in [0.2, 0.25) is 0 Å². The van der Waals surface area contributed by atoms with E-state index in [1.807, 2.05) is 0 Å². The van der Waals surface area contributed by atoms with Gasteiger partial charge in [-0.2, -0.15) is 0 Å². The van der Waals surface area contributed by atoms with Crippen LogP contribution in [-0.2, 0) is 9.53 Å². The number of ether oxygens (including phenoxy) is 1. The molecule has 0 aromatic rings. The summed E-state index contributed by atoms with van der Waals surface area (Å²) in [6, 6.07) is 0. The van der Waals surface area contributed by atoms with Crippen LogP contribution in [0.3, 0.4) is 0 Å². The van der Waals surface area contributed by atoms with E-state index in [0.717, 1.165) is 17.7 Å². The molecule has 2 aliphatic rings. The van der Waals surface area contributed by atoms with E-state index in [4.69, 9.17) is 4.74 Å². The highest BCUT2D eigenvalue weighted by Crippen LogP contribution is 2.35. The van der Waals surface area contributed by atoms with Crippen LogP contribution in [0.5, 0.6) is 0 Å². The van der Waals surface area contributed by atoms with Crippen molar-refractivity contribution in [1.29, 1.82) is 0 Å². The lowest BCUT2D eigenvalue weighted by atomic mass is 9.75. The molecule has 2 rings (SSSR count). The maximum absolute atomic E-state index is 12.0. The quantitative estimate of drug-likeness (QED) is 0.771. The van der Waals surface area contributed by atoms with Gasteiger partial charge in [-0.15, -0.1) is 0 Å². The van der Waals surface area contributed by atoms with Crippen molar-refractivity contribution < 1.29 is 14.3 Å². The Hall–Kier alpha value is -1.32. The third kappa shape index (κ3) is 3.17. The number of nitrogens with zero attached hydrogens (tertiary/aromatic N) is 1. The number of amides is 2. The highest BCUT2D eigenvalue weighted by Gasteiger charge is 2.35. The minimum atomic E-state index is -0.486. The minimum Gasteiger partial charge on any atom is -0.445 e. The Balaban J connectivity index is 1.98. The lowest BCUT2D eigenvalue weighted by molar-refractivity contribution is -0.124. The van der Waals surface area contributed by atoms with Crippen LogP contribution in [-0.4, -0.2) is 29.5 Å². The smallest absolute Gasteiger partial charge is 0.417 e. The molecule has 0 saturated heterocycles. The minimum absolute atomic E-state index is 0.0513. The number of imide groups is 1. The van der Waals surface area contributed by atoms with Crippen LogP contribution in [0.4, 0.5) is 4.79 Å². The molecule has 1 aliphatic carbocycles. The van der Waals surface area contributed by atoms with Gasteiger partial charge in [0.25, 0.3) is 5.91 Å². The molecule has 2 amide bonds. The third-order valence-electron chi connectivity index (χ3n) is 4.25. The topological polar surface area (TPSA) is 46.6 Å². The van der Waals surface area contributed by atoms with Crippen molar-refractivity contribution in [3.63, 3.8) is 0 Å². The van der Waals surface area contributed by atoms with E-state index in [-0.39, 0.29) is 12.0 Å². The Kier molecular flexibility index (Phi) is 4.27. The van der Waals surface area contributed by atoms with Crippen LogP contribution in [0.2, 0.25) is 0 Å². The molecule has 0 radical (unpaired) electrons. The molecule has 1 aliphatic heterocycles. The molecule has 106 valence electrons. The molecule has 0 spiro atoms. The van der Waals surface area contributed by atoms with Crippen molar-refractivity contribution in [3.8, 4) is 0 Å². The second kappa shape index (κ2) is 5.76. The van der Waals surface area contributed by atoms with Gasteiger partial charge >= 0.3 is 6.09 Å². The number of rotatable bonds is 2. The van der Waals surface area contributed by atoms with Gasteiger partial charge in [-0.05, 0) is 30.6 Å². The predicted molar refractivity (Wildman–Crippen MR) is 72.5 cm³/mol. The van der Waals surface area contributed by atoms with Crippen molar-refractivity contribution in [2.75, 3.05) is 6.54 Å². The lowest BCUT2D eigenvalue weighted by Gasteiger charge is -2.37. The Morgan fingerprint density at radius 2 is 2.16 bits per heavy atom. The Labute approximate surface area is 114 Å². The molecule has 0 aromatic heterocycles. The van der Waals surface area contributed by atoms with E-state index < -0.39 is 6.09 Å². The van der Waals surface area contributed by atoms with E-state index >= 15 is 0 Å². The fourth-order valence-electron chi connectivity index (χ4n) is 3.05. The Morgan fingerprint density at radius 1 is 1.42 bits per heavy atom. The lowest BCUT2D eigenvalue weighted by Crippen LogP contribution is -2.41. The molecule has 0 bridgehead atoms. The summed E-state index contributed by atoms with van der Waals surface area (Å²) in [5, 5.41) is 0. The predicted octanol–water partition coefficient (Wildman–Crippen LogP) is 2.98. The Morgan fingerprint density at radius 3 is 2.74 bits per heavy atom. The molecule has 1 fully saturated rings. The number of carbonyl (C=O) groups is 2. The van der Waals surface area contributed by atoms with Gasteiger partial charge in [-0.1, -0.05) is 33.3 Å². The second-order valence-electron chi connectivity index (χ2n) is 6.10. The summed E-state index contributed by atoms with van der Waals surface area (Å²) in [6.45, 7) is 6.88. The fourth-order valence-corrected chi connectivity index (χ4v) is 3.05. The molecule has 19 heavy (non-hydrogen) atoms. The van der Waals surface area contributed by atoms with Crippen molar-refractivity contribution >= 4 is 12.0 Å². The fraction of sp³-hybridized carbons (Fsp3) is 0.733. The van der Waals surface area contributed by atoms with E-state index in [0.29, 0.717) is 24.3 Å². The van der Waals surface area contributed by atoms with E-state index in [1.165, 1.54) is 12.5 Å². The van der Waals surface area contributed by atoms with E-state index in [1.54, 1.807) is 6.08 Å². The van der Waals surface area contributed by atoms with E-state index in [9.17, 15) is 9.59 Å². The zero-order chi connectivity index (χ0) is 14.0. The summed E-state index contributed by atoms with van der Waals surface area (Å²) in [7, 11) is 0. The number of hydrogen-bond acceptors (Lipinski definition) is 3. The summed E-state index contributed by atoms with van der Waals surface area (Å²) >= 11 is 0. The van der Waals surface area contributed by atoms with Gasteiger partial charge in [0.1, 0.15) is 6.10 Å². The molecular weight excluding hydrogens is 242 g/mol. The molecule has 0 aromatic carbocycles. The maximum atomic E-state index is 12.0. The molecule has 0 N–H and O–H groups in total. The van der Waals surface area contributed by atoms with Crippen LogP contribution in [0.15, 0.2) is 12.2 Å². The number of hydrogen-bond donors (Lipinski definition) is 0. The molecule has 1 saturated carbocycles. The average molecular weight is 265 g/mol. The summed E-state index contributed by atoms with van der Waals surface area (Å²) in [4.78, 5) is 24.7. The van der Waals surface area contributed by atoms with Crippen molar-refractivity contribution in [3.05, 3.63) is 12.2 Å². The average Bonchev–Trinajstić information content (AvgIpc) is 2.75. The van der Waals surface area contributed by atoms with Crippen LogP contribution in [0.25, 0.3) is 0 Å². The molecule has 4 nitrogen and oxygen atoms in total. The Bertz CT molecular complexity index is 389. The third-order valence-corrected chi connectivity index (χ3v) is 4.25. The van der Waals surface area contributed by atoms with Gasteiger partial charge in [-0.3, -0.25) is 4.79 Å². The first kappa shape index (κ1) is 14.1. The van der Waals surface area contributed by atoms with Gasteiger partial charge in [0.05, 0.1) is 6.54 Å². The highest BCUT2D eigenvalue weighted by molar-refractivity contribution is 6.00. The van der Waals surface area contributed by atoms with Gasteiger partial charge in [0, 0.05) is 6.08 Å². The first-order valence-corrected chi connectivity index (χ1v) is 7.17. The normalized spacial score (nSPS) is 31.1. The second-order valence-corrected chi connectivity index (χ2v) is 6.10. The molecular formula is C15H23NO3. The molecule has 1 heterocycles. The van der Waals surface area contributed by atoms with Crippen LogP contribution >= 0.6 is 0 Å². The summed E-state index contributed by atoms with van der Waals surface area (Å²) in [5.41, 5.74) is 0. The first-order chi connectivity index (χ1) is 8.99. The summed E-state index contributed by atoms with van der Waals surface area (Å²) < 4.78 is 5.62. The molecule has 3 atom stereocenters. The van der Waals surface area contributed by atoms with Crippen LogP contribution in [0.1, 0.15) is 40.0 Å². The zero-order valence-electron chi connectivity index (χ0n) is 12.0. The number of carbonyl (C=O) groups excluding carboxylic acids is 2. The van der Waals surface area contributed by atoms with Crippen molar-refractivity contribution in [2.24, 2.45) is 17.8 Å². The standard InChI is InChI=1S/C15H23NO3/c1-10(2)12-7-6-11(3)9-13(12)19-15(18)16-8-4-5-14(16)17/h4-5,10-13H,6-9H2,1-3H3/t11-,12+,13-/m1/s1. The van der Waals surface area contributed by atoms with Gasteiger partial charge in [-0.25, -0.2) is 9.69 Å². The maximum Gasteiger partial charge on any atom is 0.417 e. The molecule has 4 heteroatoms. The molecule has 0 unspecified atom stereocenters. The monoisotopic (exact) mass is 265 g/mol. The largest absolute Gasteiger partial charge is 0.445 e. The van der Waals surface area contributed by atoms with Crippen LogP contribution in [0, 0.1) is 17.8 Å². The van der Waals surface area contributed by atoms with Crippen molar-refractivity contribution in [2.45, 2.75) is 46.1 Å². The SMILES string of the molecule is CC(C)[C@@H]1CC[C@@H](C)C[C@H]1OC(=O)N1CC=CC1=O. The summed E-state index contributed by atoms with van der Waals surface area (Å²) in [6.07, 6.45) is 5.77. The van der Waals surface area contributed by atoms with Gasteiger partial charge in [0.15, 0.2) is 0 Å². The van der Waals surface area contributed by atoms with E-state index in [2.05, 4.69) is 20.8 Å². The summed E-state index contributed by atoms with van der Waals surface area (Å²) in [5.74, 6) is 1.22. The first-order valence-electron chi connectivity index (χ1n) is 7.17.